The maximum absolute atomic E-state index is 11.5. The van der Waals surface area contributed by atoms with E-state index in [0.717, 1.165) is 0 Å². The number of hydrogen-bond donors (Lipinski definition) is 2. The molecule has 0 spiro atoms. The second-order valence-electron chi connectivity index (χ2n) is 3.58. The highest BCUT2D eigenvalue weighted by atomic mass is 35.5. The largest absolute Gasteiger partial charge is 0.381 e. The zero-order chi connectivity index (χ0) is 14.3. The summed E-state index contributed by atoms with van der Waals surface area (Å²) in [6, 6.07) is 5.48. The van der Waals surface area contributed by atoms with Crippen LogP contribution >= 0.6 is 11.6 Å². The Morgan fingerprint density at radius 3 is 2.53 bits per heavy atom. The van der Waals surface area contributed by atoms with E-state index >= 15 is 0 Å². The summed E-state index contributed by atoms with van der Waals surface area (Å²) in [6.45, 7) is 2.22. The summed E-state index contributed by atoms with van der Waals surface area (Å²) in [7, 11) is -3.69. The number of hydrogen-bond acceptors (Lipinski definition) is 4. The molecule has 1 aromatic carbocycles. The SMILES string of the molecule is CCOCCS(=O)(=O)NC(=O)Nc1ccc(Cl)cc1. The lowest BCUT2D eigenvalue weighted by molar-refractivity contribution is 0.163. The van der Waals surface area contributed by atoms with Crippen LogP contribution in [0.25, 0.3) is 0 Å². The minimum absolute atomic E-state index is 0.0417. The maximum Gasteiger partial charge on any atom is 0.332 e. The van der Waals surface area contributed by atoms with Crippen molar-refractivity contribution in [2.24, 2.45) is 0 Å². The smallest absolute Gasteiger partial charge is 0.332 e. The van der Waals surface area contributed by atoms with E-state index in [2.05, 4.69) is 5.32 Å². The Labute approximate surface area is 117 Å². The fraction of sp³-hybridized carbons (Fsp3) is 0.364. The van der Waals surface area contributed by atoms with Crippen molar-refractivity contribution in [3.63, 3.8) is 0 Å². The number of amides is 2. The van der Waals surface area contributed by atoms with Gasteiger partial charge in [0, 0.05) is 17.3 Å². The van der Waals surface area contributed by atoms with E-state index in [0.29, 0.717) is 17.3 Å². The van der Waals surface area contributed by atoms with E-state index < -0.39 is 16.1 Å². The van der Waals surface area contributed by atoms with Gasteiger partial charge < -0.3 is 10.1 Å². The van der Waals surface area contributed by atoms with Gasteiger partial charge in [0.15, 0.2) is 0 Å². The second kappa shape index (κ2) is 7.32. The summed E-state index contributed by atoms with van der Waals surface area (Å²) >= 11 is 5.69. The molecule has 0 aliphatic heterocycles. The summed E-state index contributed by atoms with van der Waals surface area (Å²) in [4.78, 5) is 11.5. The van der Waals surface area contributed by atoms with Crippen LogP contribution in [0.4, 0.5) is 10.5 Å². The Hall–Kier alpha value is -1.31. The summed E-state index contributed by atoms with van der Waals surface area (Å²) in [5.74, 6) is -0.269. The zero-order valence-electron chi connectivity index (χ0n) is 10.3. The molecule has 0 aromatic heterocycles. The fourth-order valence-corrected chi connectivity index (χ4v) is 2.09. The molecule has 1 aromatic rings. The lowest BCUT2D eigenvalue weighted by Crippen LogP contribution is -2.36. The van der Waals surface area contributed by atoms with E-state index in [1.165, 1.54) is 0 Å². The molecule has 0 aliphatic carbocycles. The van der Waals surface area contributed by atoms with Crippen LogP contribution < -0.4 is 10.0 Å². The molecule has 0 radical (unpaired) electrons. The van der Waals surface area contributed by atoms with Gasteiger partial charge in [0.05, 0.1) is 12.4 Å². The Bertz CT molecular complexity index is 516. The number of halogens is 1. The van der Waals surface area contributed by atoms with E-state index in [-0.39, 0.29) is 12.4 Å². The number of nitrogens with one attached hydrogen (secondary N) is 2. The van der Waals surface area contributed by atoms with Crippen LogP contribution in [0.3, 0.4) is 0 Å². The third kappa shape index (κ3) is 6.42. The maximum atomic E-state index is 11.5. The van der Waals surface area contributed by atoms with Gasteiger partial charge in [0.2, 0.25) is 10.0 Å². The average molecular weight is 307 g/mol. The second-order valence-corrected chi connectivity index (χ2v) is 5.86. The van der Waals surface area contributed by atoms with Crippen molar-refractivity contribution in [1.29, 1.82) is 0 Å². The number of rotatable bonds is 6. The first-order valence-corrected chi connectivity index (χ1v) is 7.61. The van der Waals surface area contributed by atoms with Crippen molar-refractivity contribution in [1.82, 2.24) is 4.72 Å². The van der Waals surface area contributed by atoms with Crippen LogP contribution in [0.5, 0.6) is 0 Å². The minimum Gasteiger partial charge on any atom is -0.381 e. The molecule has 0 atom stereocenters. The predicted molar refractivity (Wildman–Crippen MR) is 73.9 cm³/mol. The molecule has 0 aliphatic rings. The topological polar surface area (TPSA) is 84.5 Å². The highest BCUT2D eigenvalue weighted by molar-refractivity contribution is 7.90. The van der Waals surface area contributed by atoms with Crippen molar-refractivity contribution in [2.75, 3.05) is 24.3 Å². The minimum atomic E-state index is -3.69. The van der Waals surface area contributed by atoms with Crippen LogP contribution in [0.1, 0.15) is 6.92 Å². The van der Waals surface area contributed by atoms with Gasteiger partial charge in [-0.1, -0.05) is 11.6 Å². The van der Waals surface area contributed by atoms with Gasteiger partial charge in [0.1, 0.15) is 0 Å². The Kier molecular flexibility index (Phi) is 6.07. The molecule has 0 unspecified atom stereocenters. The molecular weight excluding hydrogens is 292 g/mol. The summed E-state index contributed by atoms with van der Waals surface area (Å²) in [5.41, 5.74) is 0.446. The number of carbonyl (C=O) groups is 1. The summed E-state index contributed by atoms with van der Waals surface area (Å²) in [6.07, 6.45) is 0. The van der Waals surface area contributed by atoms with Crippen LogP contribution in [0.2, 0.25) is 5.02 Å². The molecule has 0 saturated carbocycles. The van der Waals surface area contributed by atoms with Crippen LogP contribution in [-0.2, 0) is 14.8 Å². The predicted octanol–water partition coefficient (Wildman–Crippen LogP) is 1.83. The number of anilines is 1. The fourth-order valence-electron chi connectivity index (χ4n) is 1.20. The Morgan fingerprint density at radius 1 is 1.32 bits per heavy atom. The van der Waals surface area contributed by atoms with E-state index in [1.54, 1.807) is 31.2 Å². The van der Waals surface area contributed by atoms with Crippen LogP contribution in [-0.4, -0.2) is 33.4 Å². The van der Waals surface area contributed by atoms with Gasteiger partial charge in [-0.3, -0.25) is 0 Å². The molecule has 2 N–H and O–H groups in total. The van der Waals surface area contributed by atoms with Crippen molar-refractivity contribution >= 4 is 33.3 Å². The molecule has 2 amide bonds. The summed E-state index contributed by atoms with van der Waals surface area (Å²) < 4.78 is 29.8. The van der Waals surface area contributed by atoms with Gasteiger partial charge in [-0.15, -0.1) is 0 Å². The normalized spacial score (nSPS) is 11.1. The van der Waals surface area contributed by atoms with E-state index in [4.69, 9.17) is 16.3 Å². The number of carbonyl (C=O) groups excluding carboxylic acids is 1. The third-order valence-corrected chi connectivity index (χ3v) is 3.50. The number of urea groups is 1. The monoisotopic (exact) mass is 306 g/mol. The molecule has 8 heteroatoms. The van der Waals surface area contributed by atoms with E-state index in [1.807, 2.05) is 4.72 Å². The highest BCUT2D eigenvalue weighted by Gasteiger charge is 2.14. The third-order valence-electron chi connectivity index (χ3n) is 2.05. The Morgan fingerprint density at radius 2 is 1.95 bits per heavy atom. The van der Waals surface area contributed by atoms with Crippen molar-refractivity contribution in [3.8, 4) is 0 Å². The first-order chi connectivity index (χ1) is 8.93. The van der Waals surface area contributed by atoms with Crippen molar-refractivity contribution in [3.05, 3.63) is 29.3 Å². The molecule has 0 fully saturated rings. The van der Waals surface area contributed by atoms with Gasteiger partial charge in [-0.2, -0.15) is 0 Å². The number of benzene rings is 1. The number of sulfonamides is 1. The van der Waals surface area contributed by atoms with Gasteiger partial charge in [0.25, 0.3) is 0 Å². The molecule has 0 heterocycles. The molecule has 0 saturated heterocycles. The lowest BCUT2D eigenvalue weighted by atomic mass is 10.3. The van der Waals surface area contributed by atoms with E-state index in [9.17, 15) is 13.2 Å². The molecular formula is C11H15ClN2O4S. The van der Waals surface area contributed by atoms with Gasteiger partial charge >= 0.3 is 6.03 Å². The number of ether oxygens (including phenoxy) is 1. The highest BCUT2D eigenvalue weighted by Crippen LogP contribution is 2.13. The first kappa shape index (κ1) is 15.7. The average Bonchev–Trinajstić information content (AvgIpc) is 2.31. The standard InChI is InChI=1S/C11H15ClN2O4S/c1-2-18-7-8-19(16,17)14-11(15)13-10-5-3-9(12)4-6-10/h3-6H,2,7-8H2,1H3,(H2,13,14,15). The molecule has 0 bridgehead atoms. The zero-order valence-corrected chi connectivity index (χ0v) is 11.9. The molecule has 1 rings (SSSR count). The Balaban J connectivity index is 2.48. The van der Waals surface area contributed by atoms with Gasteiger partial charge in [-0.25, -0.2) is 17.9 Å². The molecule has 106 valence electrons. The summed E-state index contributed by atoms with van der Waals surface area (Å²) in [5, 5.41) is 2.91. The lowest BCUT2D eigenvalue weighted by Gasteiger charge is -2.08. The molecule has 19 heavy (non-hydrogen) atoms. The first-order valence-electron chi connectivity index (χ1n) is 5.58. The van der Waals surface area contributed by atoms with Crippen molar-refractivity contribution in [2.45, 2.75) is 6.92 Å². The van der Waals surface area contributed by atoms with Crippen LogP contribution in [0.15, 0.2) is 24.3 Å². The molecule has 6 nitrogen and oxygen atoms in total. The van der Waals surface area contributed by atoms with Gasteiger partial charge in [-0.05, 0) is 31.2 Å². The van der Waals surface area contributed by atoms with Crippen LogP contribution in [0, 0.1) is 0 Å². The van der Waals surface area contributed by atoms with Crippen molar-refractivity contribution < 1.29 is 17.9 Å². The quantitative estimate of drug-likeness (QED) is 0.785.